The summed E-state index contributed by atoms with van der Waals surface area (Å²) in [6.07, 6.45) is 2.83. The molecule has 0 aliphatic carbocycles. The van der Waals surface area contributed by atoms with Crippen LogP contribution in [0.1, 0.15) is 28.5 Å². The van der Waals surface area contributed by atoms with Gasteiger partial charge in [0, 0.05) is 11.8 Å². The molecule has 0 spiro atoms. The molecule has 0 fully saturated rings. The minimum Gasteiger partial charge on any atom is -0.358 e. The lowest BCUT2D eigenvalue weighted by atomic mass is 10.1. The van der Waals surface area contributed by atoms with E-state index >= 15 is 0 Å². The molecule has 0 aliphatic rings. The summed E-state index contributed by atoms with van der Waals surface area (Å²) < 4.78 is 0. The number of H-pyrrole nitrogens is 1. The van der Waals surface area contributed by atoms with Crippen LogP contribution in [-0.2, 0) is 6.42 Å². The van der Waals surface area contributed by atoms with E-state index in [0.717, 1.165) is 17.5 Å². The van der Waals surface area contributed by atoms with Crippen LogP contribution in [0.4, 0.5) is 0 Å². The van der Waals surface area contributed by atoms with Gasteiger partial charge >= 0.3 is 0 Å². The van der Waals surface area contributed by atoms with Gasteiger partial charge in [-0.3, -0.25) is 4.79 Å². The minimum absolute atomic E-state index is 0.0512. The molecule has 76 valence electrons. The zero-order valence-electron chi connectivity index (χ0n) is 8.66. The molecule has 2 nitrogen and oxygen atoms in total. The van der Waals surface area contributed by atoms with E-state index < -0.39 is 0 Å². The Kier molecular flexibility index (Phi) is 2.68. The number of hydrogen-bond donors (Lipinski definition) is 1. The molecule has 0 radical (unpaired) electrons. The average molecular weight is 199 g/mol. The lowest BCUT2D eigenvalue weighted by Gasteiger charge is -1.96. The molecule has 1 aromatic heterocycles. The van der Waals surface area contributed by atoms with Crippen LogP contribution in [-0.4, -0.2) is 10.8 Å². The third-order valence-electron chi connectivity index (χ3n) is 2.43. The van der Waals surface area contributed by atoms with Crippen LogP contribution in [0.2, 0.25) is 0 Å². The number of aryl methyl sites for hydroxylation is 1. The Bertz CT molecular complexity index is 456. The first-order valence-electron chi connectivity index (χ1n) is 5.08. The van der Waals surface area contributed by atoms with Crippen LogP contribution in [0.3, 0.4) is 0 Å². The van der Waals surface area contributed by atoms with Gasteiger partial charge < -0.3 is 4.98 Å². The van der Waals surface area contributed by atoms with Crippen molar-refractivity contribution in [3.8, 4) is 0 Å². The Morgan fingerprint density at radius 2 is 2.00 bits per heavy atom. The molecule has 0 saturated carbocycles. The van der Waals surface area contributed by atoms with E-state index in [1.165, 1.54) is 0 Å². The van der Waals surface area contributed by atoms with Gasteiger partial charge in [0.15, 0.2) is 0 Å². The minimum atomic E-state index is 0.0512. The van der Waals surface area contributed by atoms with Crippen molar-refractivity contribution >= 4 is 5.78 Å². The fraction of sp³-hybridized carbons (Fsp3) is 0.154. The van der Waals surface area contributed by atoms with E-state index in [4.69, 9.17) is 0 Å². The van der Waals surface area contributed by atoms with Crippen molar-refractivity contribution in [2.45, 2.75) is 13.3 Å². The molecule has 1 aromatic carbocycles. The molecule has 15 heavy (non-hydrogen) atoms. The SMILES string of the molecule is CCc1c[nH]c(C(=O)c2ccccc2)c1. The maximum Gasteiger partial charge on any atom is 0.209 e. The van der Waals surface area contributed by atoms with Gasteiger partial charge in [-0.15, -0.1) is 0 Å². The van der Waals surface area contributed by atoms with Gasteiger partial charge in [-0.25, -0.2) is 0 Å². The number of rotatable bonds is 3. The highest BCUT2D eigenvalue weighted by molar-refractivity contribution is 6.07. The maximum absolute atomic E-state index is 11.9. The molecule has 2 aromatic rings. The summed E-state index contributed by atoms with van der Waals surface area (Å²) in [5.41, 5.74) is 2.55. The quantitative estimate of drug-likeness (QED) is 0.757. The maximum atomic E-state index is 11.9. The van der Waals surface area contributed by atoms with E-state index in [2.05, 4.69) is 11.9 Å². The molecule has 0 amide bonds. The van der Waals surface area contributed by atoms with Crippen molar-refractivity contribution < 1.29 is 4.79 Å². The van der Waals surface area contributed by atoms with Crippen molar-refractivity contribution in [3.05, 3.63) is 59.4 Å². The predicted molar refractivity (Wildman–Crippen MR) is 60.0 cm³/mol. The van der Waals surface area contributed by atoms with Crippen LogP contribution < -0.4 is 0 Å². The second-order valence-corrected chi connectivity index (χ2v) is 3.47. The van der Waals surface area contributed by atoms with Gasteiger partial charge in [-0.2, -0.15) is 0 Å². The molecular weight excluding hydrogens is 186 g/mol. The number of carbonyl (C=O) groups excluding carboxylic acids is 1. The van der Waals surface area contributed by atoms with Crippen LogP contribution in [0.15, 0.2) is 42.6 Å². The Labute approximate surface area is 89.0 Å². The zero-order valence-corrected chi connectivity index (χ0v) is 8.66. The Balaban J connectivity index is 2.29. The Hall–Kier alpha value is -1.83. The summed E-state index contributed by atoms with van der Waals surface area (Å²) in [6.45, 7) is 2.07. The third-order valence-corrected chi connectivity index (χ3v) is 2.43. The summed E-state index contributed by atoms with van der Waals surface area (Å²) in [5.74, 6) is 0.0512. The number of ketones is 1. The number of aromatic amines is 1. The standard InChI is InChI=1S/C13H13NO/c1-2-10-8-12(14-9-10)13(15)11-6-4-3-5-7-11/h3-9,14H,2H2,1H3. The van der Waals surface area contributed by atoms with E-state index in [-0.39, 0.29) is 5.78 Å². The summed E-state index contributed by atoms with van der Waals surface area (Å²) in [5, 5.41) is 0. The number of hydrogen-bond acceptors (Lipinski definition) is 1. The van der Waals surface area contributed by atoms with Gasteiger partial charge in [0.25, 0.3) is 0 Å². The molecule has 2 heteroatoms. The van der Waals surface area contributed by atoms with Crippen LogP contribution in [0.25, 0.3) is 0 Å². The molecule has 1 heterocycles. The van der Waals surface area contributed by atoms with E-state index in [1.807, 2.05) is 42.6 Å². The first-order chi connectivity index (χ1) is 7.31. The highest BCUT2D eigenvalue weighted by atomic mass is 16.1. The number of carbonyl (C=O) groups is 1. The van der Waals surface area contributed by atoms with Crippen LogP contribution >= 0.6 is 0 Å². The summed E-state index contributed by atoms with van der Waals surface area (Å²) in [7, 11) is 0. The molecule has 0 atom stereocenters. The first-order valence-corrected chi connectivity index (χ1v) is 5.08. The summed E-state index contributed by atoms with van der Waals surface area (Å²) in [6, 6.07) is 11.2. The summed E-state index contributed by atoms with van der Waals surface area (Å²) in [4.78, 5) is 14.9. The lowest BCUT2D eigenvalue weighted by molar-refractivity contribution is 0.103. The largest absolute Gasteiger partial charge is 0.358 e. The highest BCUT2D eigenvalue weighted by Crippen LogP contribution is 2.10. The van der Waals surface area contributed by atoms with E-state index in [9.17, 15) is 4.79 Å². The molecule has 0 saturated heterocycles. The van der Waals surface area contributed by atoms with Crippen LogP contribution in [0, 0.1) is 0 Å². The predicted octanol–water partition coefficient (Wildman–Crippen LogP) is 2.81. The van der Waals surface area contributed by atoms with Crippen molar-refractivity contribution in [2.75, 3.05) is 0 Å². The number of aromatic nitrogens is 1. The van der Waals surface area contributed by atoms with Crippen molar-refractivity contribution in [1.29, 1.82) is 0 Å². The second-order valence-electron chi connectivity index (χ2n) is 3.47. The van der Waals surface area contributed by atoms with Crippen molar-refractivity contribution in [1.82, 2.24) is 4.98 Å². The second kappa shape index (κ2) is 4.13. The average Bonchev–Trinajstić information content (AvgIpc) is 2.78. The topological polar surface area (TPSA) is 32.9 Å². The monoisotopic (exact) mass is 199 g/mol. The zero-order chi connectivity index (χ0) is 10.7. The van der Waals surface area contributed by atoms with Gasteiger partial charge in [-0.1, -0.05) is 37.3 Å². The fourth-order valence-electron chi connectivity index (χ4n) is 1.52. The summed E-state index contributed by atoms with van der Waals surface area (Å²) >= 11 is 0. The first kappa shape index (κ1) is 9.71. The van der Waals surface area contributed by atoms with Crippen molar-refractivity contribution in [2.24, 2.45) is 0 Å². The molecule has 0 unspecified atom stereocenters. The van der Waals surface area contributed by atoms with Gasteiger partial charge in [-0.05, 0) is 18.1 Å². The molecule has 0 aliphatic heterocycles. The fourth-order valence-corrected chi connectivity index (χ4v) is 1.52. The lowest BCUT2D eigenvalue weighted by Crippen LogP contribution is -2.00. The molecular formula is C13H13NO. The molecule has 2 rings (SSSR count). The number of benzene rings is 1. The van der Waals surface area contributed by atoms with Gasteiger partial charge in [0.1, 0.15) is 0 Å². The normalized spacial score (nSPS) is 10.2. The Morgan fingerprint density at radius 1 is 1.27 bits per heavy atom. The van der Waals surface area contributed by atoms with Crippen molar-refractivity contribution in [3.63, 3.8) is 0 Å². The van der Waals surface area contributed by atoms with E-state index in [0.29, 0.717) is 5.69 Å². The van der Waals surface area contributed by atoms with E-state index in [1.54, 1.807) is 0 Å². The highest BCUT2D eigenvalue weighted by Gasteiger charge is 2.09. The van der Waals surface area contributed by atoms with Gasteiger partial charge in [0.05, 0.1) is 5.69 Å². The van der Waals surface area contributed by atoms with Crippen LogP contribution in [0.5, 0.6) is 0 Å². The van der Waals surface area contributed by atoms with Gasteiger partial charge in [0.2, 0.25) is 5.78 Å². The number of nitrogens with one attached hydrogen (secondary N) is 1. The molecule has 0 bridgehead atoms. The molecule has 1 N–H and O–H groups in total. The smallest absolute Gasteiger partial charge is 0.209 e. The Morgan fingerprint density at radius 3 is 2.60 bits per heavy atom. The third kappa shape index (κ3) is 1.99.